The smallest absolute Gasteiger partial charge is 0.275 e. The first kappa shape index (κ1) is 18.9. The number of thiazole rings is 1. The standard InChI is InChI=1S/C22H20N4O2S/c1-15-23-11-12-26(15)13-16-3-7-18(8-4-16)24-21(27)20-14-29-22(25-20)17-5-9-19(28-2)10-6-17/h3-12,14H,13H2,1-2H3,(H,24,27). The number of carbonyl (C=O) groups is 1. The number of nitrogens with one attached hydrogen (secondary N) is 1. The van der Waals surface area contributed by atoms with Crippen LogP contribution in [0.4, 0.5) is 5.69 Å². The predicted molar refractivity (Wildman–Crippen MR) is 115 cm³/mol. The Morgan fingerprint density at radius 1 is 1.14 bits per heavy atom. The van der Waals surface area contributed by atoms with E-state index in [1.54, 1.807) is 18.7 Å². The highest BCUT2D eigenvalue weighted by atomic mass is 32.1. The number of methoxy groups -OCH3 is 1. The van der Waals surface area contributed by atoms with Gasteiger partial charge in [-0.1, -0.05) is 12.1 Å². The first-order valence-corrected chi connectivity index (χ1v) is 9.98. The third kappa shape index (κ3) is 4.35. The number of rotatable bonds is 6. The molecule has 4 aromatic rings. The lowest BCUT2D eigenvalue weighted by molar-refractivity contribution is 0.102. The van der Waals surface area contributed by atoms with Crippen LogP contribution in [0.5, 0.6) is 5.75 Å². The van der Waals surface area contributed by atoms with Gasteiger partial charge in [-0.05, 0) is 48.9 Å². The Balaban J connectivity index is 1.41. The van der Waals surface area contributed by atoms with Gasteiger partial charge in [0.25, 0.3) is 5.91 Å². The average molecular weight is 404 g/mol. The molecule has 6 nitrogen and oxygen atoms in total. The summed E-state index contributed by atoms with van der Waals surface area (Å²) in [6, 6.07) is 15.4. The lowest BCUT2D eigenvalue weighted by Gasteiger charge is -2.07. The first-order valence-electron chi connectivity index (χ1n) is 9.10. The highest BCUT2D eigenvalue weighted by molar-refractivity contribution is 7.13. The number of hydrogen-bond donors (Lipinski definition) is 1. The molecule has 0 spiro atoms. The van der Waals surface area contributed by atoms with Crippen LogP contribution in [0.2, 0.25) is 0 Å². The lowest BCUT2D eigenvalue weighted by atomic mass is 10.2. The summed E-state index contributed by atoms with van der Waals surface area (Å²) in [5, 5.41) is 5.47. The molecule has 7 heteroatoms. The van der Waals surface area contributed by atoms with Gasteiger partial charge in [0, 0.05) is 35.6 Å². The van der Waals surface area contributed by atoms with Crippen molar-refractivity contribution in [1.29, 1.82) is 0 Å². The predicted octanol–water partition coefficient (Wildman–Crippen LogP) is 4.62. The van der Waals surface area contributed by atoms with Crippen molar-refractivity contribution in [3.8, 4) is 16.3 Å². The Bertz CT molecular complexity index is 1110. The van der Waals surface area contributed by atoms with Gasteiger partial charge in [0.1, 0.15) is 22.3 Å². The van der Waals surface area contributed by atoms with E-state index >= 15 is 0 Å². The molecule has 1 N–H and O–H groups in total. The number of amides is 1. The van der Waals surface area contributed by atoms with Crippen LogP contribution >= 0.6 is 11.3 Å². The van der Waals surface area contributed by atoms with Crippen molar-refractivity contribution in [2.45, 2.75) is 13.5 Å². The van der Waals surface area contributed by atoms with Crippen molar-refractivity contribution in [3.05, 3.63) is 83.4 Å². The first-order chi connectivity index (χ1) is 14.1. The molecule has 4 rings (SSSR count). The van der Waals surface area contributed by atoms with E-state index in [0.717, 1.165) is 39.9 Å². The van der Waals surface area contributed by atoms with Gasteiger partial charge in [-0.15, -0.1) is 11.3 Å². The zero-order valence-electron chi connectivity index (χ0n) is 16.1. The van der Waals surface area contributed by atoms with Gasteiger partial charge in [-0.3, -0.25) is 4.79 Å². The Morgan fingerprint density at radius 2 is 1.90 bits per heavy atom. The Kier molecular flexibility index (Phi) is 5.39. The van der Waals surface area contributed by atoms with Crippen LogP contribution in [0.15, 0.2) is 66.3 Å². The molecule has 0 aliphatic carbocycles. The van der Waals surface area contributed by atoms with Gasteiger partial charge in [0.2, 0.25) is 0 Å². The highest BCUT2D eigenvalue weighted by Crippen LogP contribution is 2.26. The maximum atomic E-state index is 12.5. The topological polar surface area (TPSA) is 69.0 Å². The number of anilines is 1. The largest absolute Gasteiger partial charge is 0.497 e. The summed E-state index contributed by atoms with van der Waals surface area (Å²) in [6.07, 6.45) is 3.74. The number of aryl methyl sites for hydroxylation is 1. The van der Waals surface area contributed by atoms with E-state index in [0.29, 0.717) is 5.69 Å². The van der Waals surface area contributed by atoms with Crippen LogP contribution < -0.4 is 10.1 Å². The van der Waals surface area contributed by atoms with Gasteiger partial charge < -0.3 is 14.6 Å². The molecule has 2 aromatic heterocycles. The molecular formula is C22H20N4O2S. The molecule has 0 aliphatic heterocycles. The Morgan fingerprint density at radius 3 is 2.55 bits per heavy atom. The highest BCUT2D eigenvalue weighted by Gasteiger charge is 2.12. The van der Waals surface area contributed by atoms with Crippen LogP contribution in [0.3, 0.4) is 0 Å². The molecule has 0 bridgehead atoms. The summed E-state index contributed by atoms with van der Waals surface area (Å²) in [6.45, 7) is 2.72. The van der Waals surface area contributed by atoms with Crippen molar-refractivity contribution >= 4 is 22.9 Å². The second kappa shape index (κ2) is 8.28. The van der Waals surface area contributed by atoms with E-state index in [9.17, 15) is 4.79 Å². The van der Waals surface area contributed by atoms with E-state index < -0.39 is 0 Å². The fourth-order valence-corrected chi connectivity index (χ4v) is 3.71. The molecule has 1 amide bonds. The van der Waals surface area contributed by atoms with E-state index in [1.165, 1.54) is 11.3 Å². The van der Waals surface area contributed by atoms with E-state index in [4.69, 9.17) is 4.74 Å². The minimum absolute atomic E-state index is 0.223. The number of nitrogens with zero attached hydrogens (tertiary/aromatic N) is 3. The lowest BCUT2D eigenvalue weighted by Crippen LogP contribution is -2.12. The molecule has 0 unspecified atom stereocenters. The zero-order valence-corrected chi connectivity index (χ0v) is 16.9. The molecule has 0 saturated heterocycles. The number of ether oxygens (including phenoxy) is 1. The summed E-state index contributed by atoms with van der Waals surface area (Å²) >= 11 is 1.44. The average Bonchev–Trinajstić information content (AvgIpc) is 3.39. The van der Waals surface area contributed by atoms with Crippen LogP contribution in [0.25, 0.3) is 10.6 Å². The molecule has 0 saturated carbocycles. The molecule has 2 aromatic carbocycles. The van der Waals surface area contributed by atoms with Gasteiger partial charge in [0.15, 0.2) is 0 Å². The summed E-state index contributed by atoms with van der Waals surface area (Å²) in [5.74, 6) is 1.53. The maximum Gasteiger partial charge on any atom is 0.275 e. The summed E-state index contributed by atoms with van der Waals surface area (Å²) in [7, 11) is 1.63. The Hall–Kier alpha value is -3.45. The quantitative estimate of drug-likeness (QED) is 0.509. The third-order valence-electron chi connectivity index (χ3n) is 4.56. The molecule has 0 fully saturated rings. The van der Waals surface area contributed by atoms with Gasteiger partial charge in [0.05, 0.1) is 7.11 Å². The van der Waals surface area contributed by atoms with Crippen molar-refractivity contribution in [2.24, 2.45) is 0 Å². The van der Waals surface area contributed by atoms with Crippen molar-refractivity contribution in [1.82, 2.24) is 14.5 Å². The van der Waals surface area contributed by atoms with Crippen molar-refractivity contribution in [3.63, 3.8) is 0 Å². The monoisotopic (exact) mass is 404 g/mol. The molecule has 146 valence electrons. The molecule has 29 heavy (non-hydrogen) atoms. The molecule has 0 atom stereocenters. The molecule has 2 heterocycles. The third-order valence-corrected chi connectivity index (χ3v) is 5.45. The zero-order chi connectivity index (χ0) is 20.2. The normalized spacial score (nSPS) is 10.7. The molecule has 0 radical (unpaired) electrons. The molecular weight excluding hydrogens is 384 g/mol. The minimum Gasteiger partial charge on any atom is -0.497 e. The van der Waals surface area contributed by atoms with E-state index in [1.807, 2.05) is 61.7 Å². The summed E-state index contributed by atoms with van der Waals surface area (Å²) in [5.41, 5.74) is 3.23. The second-order valence-electron chi connectivity index (χ2n) is 6.52. The van der Waals surface area contributed by atoms with Crippen LogP contribution in [0, 0.1) is 6.92 Å². The number of benzene rings is 2. The molecule has 0 aliphatic rings. The maximum absolute atomic E-state index is 12.5. The van der Waals surface area contributed by atoms with Crippen molar-refractivity contribution < 1.29 is 9.53 Å². The van der Waals surface area contributed by atoms with Gasteiger partial charge >= 0.3 is 0 Å². The summed E-state index contributed by atoms with van der Waals surface area (Å²) < 4.78 is 7.25. The van der Waals surface area contributed by atoms with Crippen LogP contribution in [-0.4, -0.2) is 27.6 Å². The second-order valence-corrected chi connectivity index (χ2v) is 7.38. The Labute approximate surface area is 172 Å². The van der Waals surface area contributed by atoms with Gasteiger partial charge in [-0.2, -0.15) is 0 Å². The SMILES string of the molecule is COc1ccc(-c2nc(C(=O)Nc3ccc(Cn4ccnc4C)cc3)cs2)cc1. The van der Waals surface area contributed by atoms with Crippen LogP contribution in [-0.2, 0) is 6.54 Å². The number of imidazole rings is 1. The summed E-state index contributed by atoms with van der Waals surface area (Å²) in [4.78, 5) is 21.2. The minimum atomic E-state index is -0.223. The van der Waals surface area contributed by atoms with Crippen molar-refractivity contribution in [2.75, 3.05) is 12.4 Å². The van der Waals surface area contributed by atoms with Gasteiger partial charge in [-0.25, -0.2) is 9.97 Å². The van der Waals surface area contributed by atoms with E-state index in [2.05, 4.69) is 19.9 Å². The number of aromatic nitrogens is 3. The fraction of sp³-hybridized carbons (Fsp3) is 0.136. The van der Waals surface area contributed by atoms with E-state index in [-0.39, 0.29) is 5.91 Å². The van der Waals surface area contributed by atoms with Crippen LogP contribution in [0.1, 0.15) is 21.9 Å². The number of hydrogen-bond acceptors (Lipinski definition) is 5. The number of carbonyl (C=O) groups excluding carboxylic acids is 1. The fourth-order valence-electron chi connectivity index (χ4n) is 2.90.